The third-order valence-corrected chi connectivity index (χ3v) is 3.36. The first kappa shape index (κ1) is 15.0. The minimum Gasteiger partial charge on any atom is -0.480 e. The molecule has 1 aliphatic heterocycles. The second-order valence-corrected chi connectivity index (χ2v) is 4.96. The molecule has 1 heterocycles. The van der Waals surface area contributed by atoms with Crippen molar-refractivity contribution in [1.82, 2.24) is 15.8 Å². The fraction of sp³-hybridized carbons (Fsp3) is 0.357. The van der Waals surface area contributed by atoms with Gasteiger partial charge in [-0.25, -0.2) is 0 Å². The lowest BCUT2D eigenvalue weighted by Crippen LogP contribution is -2.52. The van der Waals surface area contributed by atoms with Gasteiger partial charge in [0, 0.05) is 13.5 Å². The molecule has 1 atom stereocenters. The van der Waals surface area contributed by atoms with Gasteiger partial charge in [-0.2, -0.15) is 0 Å². The van der Waals surface area contributed by atoms with Gasteiger partial charge in [0.05, 0.1) is 6.54 Å². The number of nitrogens with one attached hydrogen (secondary N) is 2. The Morgan fingerprint density at radius 2 is 1.90 bits per heavy atom. The summed E-state index contributed by atoms with van der Waals surface area (Å²) in [7, 11) is 0. The third kappa shape index (κ3) is 3.79. The van der Waals surface area contributed by atoms with E-state index in [-0.39, 0.29) is 12.5 Å². The van der Waals surface area contributed by atoms with Crippen LogP contribution in [0.5, 0.6) is 0 Å². The Morgan fingerprint density at radius 1 is 1.24 bits per heavy atom. The van der Waals surface area contributed by atoms with Crippen molar-refractivity contribution in [3.05, 3.63) is 35.4 Å². The van der Waals surface area contributed by atoms with Crippen molar-refractivity contribution in [3.8, 4) is 0 Å². The number of carbonyl (C=O) groups is 3. The smallest absolute Gasteiger partial charge is 0.321 e. The lowest BCUT2D eigenvalue weighted by Gasteiger charge is -2.33. The predicted molar refractivity (Wildman–Crippen MR) is 73.9 cm³/mol. The number of nitrogens with zero attached hydrogens (tertiary/aromatic N) is 1. The van der Waals surface area contributed by atoms with Gasteiger partial charge < -0.3 is 5.11 Å². The second kappa shape index (κ2) is 6.36. The number of rotatable bonds is 3. The molecule has 112 valence electrons. The summed E-state index contributed by atoms with van der Waals surface area (Å²) in [6.07, 6.45) is 0.360. The van der Waals surface area contributed by atoms with Crippen molar-refractivity contribution in [2.75, 3.05) is 6.54 Å². The van der Waals surface area contributed by atoms with Crippen molar-refractivity contribution in [2.24, 2.45) is 0 Å². The normalized spacial score (nSPS) is 17.7. The van der Waals surface area contributed by atoms with E-state index >= 15 is 0 Å². The molecule has 0 saturated carbocycles. The molecule has 0 unspecified atom stereocenters. The largest absolute Gasteiger partial charge is 0.480 e. The summed E-state index contributed by atoms with van der Waals surface area (Å²) in [4.78, 5) is 35.4. The molecule has 1 aromatic carbocycles. The molecular weight excluding hydrogens is 274 g/mol. The number of hydrazine groups is 1. The van der Waals surface area contributed by atoms with E-state index in [4.69, 9.17) is 0 Å². The van der Waals surface area contributed by atoms with Crippen LogP contribution in [0.3, 0.4) is 0 Å². The van der Waals surface area contributed by atoms with Gasteiger partial charge in [0.2, 0.25) is 5.91 Å². The topological polar surface area (TPSA) is 98.7 Å². The van der Waals surface area contributed by atoms with Crippen LogP contribution >= 0.6 is 0 Å². The Kier molecular flexibility index (Phi) is 4.54. The number of amides is 2. The Balaban J connectivity index is 2.08. The van der Waals surface area contributed by atoms with Gasteiger partial charge in [-0.1, -0.05) is 24.3 Å². The molecule has 0 saturated heterocycles. The number of carboxylic acid groups (broad SMARTS) is 1. The van der Waals surface area contributed by atoms with Gasteiger partial charge in [0.1, 0.15) is 6.04 Å². The predicted octanol–water partition coefficient (Wildman–Crippen LogP) is -0.335. The highest BCUT2D eigenvalue weighted by Gasteiger charge is 2.32. The van der Waals surface area contributed by atoms with Crippen molar-refractivity contribution in [1.29, 1.82) is 0 Å². The van der Waals surface area contributed by atoms with Crippen LogP contribution in [-0.4, -0.2) is 40.4 Å². The highest BCUT2D eigenvalue weighted by Crippen LogP contribution is 2.23. The molecule has 0 spiro atoms. The molecule has 7 heteroatoms. The number of fused-ring (bicyclic) bond motifs is 1. The lowest BCUT2D eigenvalue weighted by molar-refractivity contribution is -0.145. The first-order chi connectivity index (χ1) is 9.97. The highest BCUT2D eigenvalue weighted by atomic mass is 16.4. The molecule has 0 bridgehead atoms. The highest BCUT2D eigenvalue weighted by molar-refractivity contribution is 5.83. The van der Waals surface area contributed by atoms with Gasteiger partial charge in [0.25, 0.3) is 5.91 Å². The van der Waals surface area contributed by atoms with E-state index in [0.717, 1.165) is 11.1 Å². The summed E-state index contributed by atoms with van der Waals surface area (Å²) in [5, 5.41) is 9.32. The Morgan fingerprint density at radius 3 is 2.52 bits per heavy atom. The van der Waals surface area contributed by atoms with Crippen LogP contribution in [0.15, 0.2) is 24.3 Å². The molecule has 7 nitrogen and oxygen atoms in total. The number of hydrogen-bond donors (Lipinski definition) is 3. The Hall–Kier alpha value is -2.41. The third-order valence-electron chi connectivity index (χ3n) is 3.36. The van der Waals surface area contributed by atoms with E-state index in [2.05, 4.69) is 10.9 Å². The SMILES string of the molecule is CC(=O)NNC(=O)CN1Cc2ccccc2C[C@H]1C(=O)O. The number of hydrogen-bond acceptors (Lipinski definition) is 4. The van der Waals surface area contributed by atoms with E-state index < -0.39 is 17.9 Å². The quantitative estimate of drug-likeness (QED) is 0.662. The second-order valence-electron chi connectivity index (χ2n) is 4.96. The maximum Gasteiger partial charge on any atom is 0.321 e. The zero-order chi connectivity index (χ0) is 15.4. The minimum absolute atomic E-state index is 0.0917. The first-order valence-electron chi connectivity index (χ1n) is 6.56. The molecular formula is C14H17N3O4. The van der Waals surface area contributed by atoms with Crippen molar-refractivity contribution in [2.45, 2.75) is 25.9 Å². The summed E-state index contributed by atoms with van der Waals surface area (Å²) in [5.41, 5.74) is 6.43. The van der Waals surface area contributed by atoms with Crippen LogP contribution in [0, 0.1) is 0 Å². The van der Waals surface area contributed by atoms with Gasteiger partial charge in [-0.05, 0) is 17.5 Å². The van der Waals surface area contributed by atoms with Gasteiger partial charge >= 0.3 is 5.97 Å². The molecule has 1 aromatic rings. The van der Waals surface area contributed by atoms with Crippen LogP contribution < -0.4 is 10.9 Å². The van der Waals surface area contributed by atoms with E-state index in [1.54, 1.807) is 4.90 Å². The van der Waals surface area contributed by atoms with Gasteiger partial charge in [-0.3, -0.25) is 30.1 Å². The van der Waals surface area contributed by atoms with Crippen molar-refractivity contribution < 1.29 is 19.5 Å². The standard InChI is InChI=1S/C14H17N3O4/c1-9(18)15-16-13(19)8-17-7-11-5-3-2-4-10(11)6-12(17)14(20)21/h2-5,12H,6-8H2,1H3,(H,15,18)(H,16,19)(H,20,21)/t12-/m0/s1. The monoisotopic (exact) mass is 291 g/mol. The molecule has 0 radical (unpaired) electrons. The fourth-order valence-corrected chi connectivity index (χ4v) is 2.37. The summed E-state index contributed by atoms with van der Waals surface area (Å²) >= 11 is 0. The number of benzene rings is 1. The Bertz CT molecular complexity index is 573. The van der Waals surface area contributed by atoms with Crippen LogP contribution in [0.25, 0.3) is 0 Å². The van der Waals surface area contributed by atoms with Gasteiger partial charge in [0.15, 0.2) is 0 Å². The Labute approximate surface area is 121 Å². The summed E-state index contributed by atoms with van der Waals surface area (Å²) in [6.45, 7) is 1.57. The molecule has 0 fully saturated rings. The van der Waals surface area contributed by atoms with Crippen LogP contribution in [0.1, 0.15) is 18.1 Å². The zero-order valence-corrected chi connectivity index (χ0v) is 11.6. The van der Waals surface area contributed by atoms with E-state index in [1.807, 2.05) is 24.3 Å². The van der Waals surface area contributed by atoms with Crippen LogP contribution in [0.4, 0.5) is 0 Å². The molecule has 1 aliphatic rings. The lowest BCUT2D eigenvalue weighted by atomic mass is 9.94. The maximum absolute atomic E-state index is 11.7. The summed E-state index contributed by atoms with van der Waals surface area (Å²) < 4.78 is 0. The average Bonchev–Trinajstić information content (AvgIpc) is 2.44. The molecule has 3 N–H and O–H groups in total. The number of carbonyl (C=O) groups excluding carboxylic acids is 2. The number of carboxylic acids is 1. The van der Waals surface area contributed by atoms with Crippen LogP contribution in [0.2, 0.25) is 0 Å². The van der Waals surface area contributed by atoms with Crippen molar-refractivity contribution >= 4 is 17.8 Å². The fourth-order valence-electron chi connectivity index (χ4n) is 2.37. The van der Waals surface area contributed by atoms with Gasteiger partial charge in [-0.15, -0.1) is 0 Å². The number of aliphatic carboxylic acids is 1. The van der Waals surface area contributed by atoms with Crippen molar-refractivity contribution in [3.63, 3.8) is 0 Å². The molecule has 2 amide bonds. The average molecular weight is 291 g/mol. The summed E-state index contributed by atoms with van der Waals surface area (Å²) in [5.74, 6) is -1.80. The molecule has 21 heavy (non-hydrogen) atoms. The van der Waals surface area contributed by atoms with E-state index in [1.165, 1.54) is 6.92 Å². The molecule has 2 rings (SSSR count). The van der Waals surface area contributed by atoms with Crippen LogP contribution in [-0.2, 0) is 27.3 Å². The van der Waals surface area contributed by atoms with E-state index in [9.17, 15) is 19.5 Å². The zero-order valence-electron chi connectivity index (χ0n) is 11.6. The summed E-state index contributed by atoms with van der Waals surface area (Å²) in [6, 6.07) is 6.83. The molecule has 0 aromatic heterocycles. The van der Waals surface area contributed by atoms with E-state index in [0.29, 0.717) is 13.0 Å². The minimum atomic E-state index is -0.961. The maximum atomic E-state index is 11.7. The first-order valence-corrected chi connectivity index (χ1v) is 6.56. The molecule has 0 aliphatic carbocycles.